The van der Waals surface area contributed by atoms with Gasteiger partial charge in [-0.1, -0.05) is 43.6 Å². The number of halogens is 2. The number of likely N-dealkylation sites (N-methyl/N-ethyl adjacent to an activating group) is 1. The fourth-order valence-corrected chi connectivity index (χ4v) is 4.54. The summed E-state index contributed by atoms with van der Waals surface area (Å²) >= 11 is 6.06. The molecular weight excluding hydrogens is 417 g/mol. The highest BCUT2D eigenvalue weighted by Crippen LogP contribution is 2.25. The number of nitrogens with one attached hydrogen (secondary N) is 1. The number of hydrogen-bond donors (Lipinski definition) is 1. The number of nitrogens with zero attached hydrogens (tertiary/aromatic N) is 2. The van der Waals surface area contributed by atoms with Crippen LogP contribution in [0.5, 0.6) is 0 Å². The van der Waals surface area contributed by atoms with E-state index in [1.54, 1.807) is 24.3 Å². The van der Waals surface area contributed by atoms with Crippen molar-refractivity contribution in [1.82, 2.24) is 9.62 Å². The molecule has 2 aromatic carbocycles. The molecule has 9 heteroatoms. The second-order valence-electron chi connectivity index (χ2n) is 7.16. The molecule has 0 unspecified atom stereocenters. The van der Waals surface area contributed by atoms with Crippen molar-refractivity contribution in [3.63, 3.8) is 0 Å². The van der Waals surface area contributed by atoms with Crippen molar-refractivity contribution in [2.45, 2.75) is 31.3 Å². The molecule has 0 saturated heterocycles. The Kier molecular flexibility index (Phi) is 5.95. The molecule has 6 nitrogen and oxygen atoms in total. The van der Waals surface area contributed by atoms with Crippen molar-refractivity contribution in [2.75, 3.05) is 7.05 Å². The van der Waals surface area contributed by atoms with Gasteiger partial charge >= 0.3 is 0 Å². The van der Waals surface area contributed by atoms with Crippen molar-refractivity contribution in [2.24, 2.45) is 10.9 Å². The van der Waals surface area contributed by atoms with Crippen LogP contribution in [0.25, 0.3) is 0 Å². The van der Waals surface area contributed by atoms with Crippen LogP contribution in [-0.4, -0.2) is 38.2 Å². The highest BCUT2D eigenvalue weighted by molar-refractivity contribution is 7.90. The summed E-state index contributed by atoms with van der Waals surface area (Å²) < 4.78 is 41.1. The van der Waals surface area contributed by atoms with E-state index in [1.807, 2.05) is 13.8 Å². The van der Waals surface area contributed by atoms with Crippen molar-refractivity contribution in [1.29, 1.82) is 0 Å². The molecule has 0 spiro atoms. The number of hydrogen-bond acceptors (Lipinski definition) is 4. The summed E-state index contributed by atoms with van der Waals surface area (Å²) in [4.78, 5) is 18.9. The van der Waals surface area contributed by atoms with E-state index in [2.05, 4.69) is 9.71 Å². The van der Waals surface area contributed by atoms with E-state index in [0.29, 0.717) is 5.56 Å². The van der Waals surface area contributed by atoms with Crippen LogP contribution in [0.2, 0.25) is 5.02 Å². The first-order chi connectivity index (χ1) is 13.6. The van der Waals surface area contributed by atoms with E-state index in [4.69, 9.17) is 11.6 Å². The van der Waals surface area contributed by atoms with Gasteiger partial charge in [-0.25, -0.2) is 12.8 Å². The number of carbonyl (C=O) groups excluding carboxylic acids is 1. The Morgan fingerprint density at radius 3 is 2.55 bits per heavy atom. The molecule has 0 aromatic heterocycles. The molecule has 1 heterocycles. The van der Waals surface area contributed by atoms with Gasteiger partial charge in [0.1, 0.15) is 17.7 Å². The van der Waals surface area contributed by atoms with E-state index in [0.717, 1.165) is 0 Å². The monoisotopic (exact) mass is 437 g/mol. The lowest BCUT2D eigenvalue weighted by molar-refractivity contribution is -0.132. The van der Waals surface area contributed by atoms with Crippen molar-refractivity contribution < 1.29 is 17.6 Å². The van der Waals surface area contributed by atoms with Gasteiger partial charge in [0.05, 0.1) is 4.90 Å². The van der Waals surface area contributed by atoms with E-state index < -0.39 is 21.9 Å². The smallest absolute Gasteiger partial charge is 0.263 e. The summed E-state index contributed by atoms with van der Waals surface area (Å²) in [5.74, 6) is -0.951. The third kappa shape index (κ3) is 4.28. The van der Waals surface area contributed by atoms with Crippen LogP contribution in [0.1, 0.15) is 25.0 Å². The number of fused-ring (bicyclic) bond motifs is 1. The molecule has 0 aliphatic carbocycles. The number of carbonyl (C=O) groups is 1. The normalized spacial score (nSPS) is 17.1. The van der Waals surface area contributed by atoms with Gasteiger partial charge in [0, 0.05) is 29.7 Å². The molecule has 29 heavy (non-hydrogen) atoms. The highest BCUT2D eigenvalue weighted by atomic mass is 35.5. The van der Waals surface area contributed by atoms with Gasteiger partial charge in [-0.3, -0.25) is 14.5 Å². The van der Waals surface area contributed by atoms with Crippen molar-refractivity contribution >= 4 is 33.4 Å². The maximum Gasteiger partial charge on any atom is 0.263 e. The largest absolute Gasteiger partial charge is 0.339 e. The Morgan fingerprint density at radius 1 is 1.21 bits per heavy atom. The summed E-state index contributed by atoms with van der Waals surface area (Å²) in [5.41, 5.74) is 0.637. The standard InChI is InChI=1S/C20H21ClFN3O3S/c1-12(2)18(20(26)25(3)11-14-15(21)8-6-9-16(14)22)23-19-13-7-4-5-10-17(13)29(27,28)24-19/h4-10,12,18H,11H2,1-3H3,(H,23,24)/t18-/m1/s1. The third-order valence-corrected chi connectivity index (χ3v) is 6.40. The zero-order chi connectivity index (χ0) is 21.3. The van der Waals surface area contributed by atoms with E-state index in [-0.39, 0.29) is 39.7 Å². The number of benzene rings is 2. The van der Waals surface area contributed by atoms with Crippen molar-refractivity contribution in [3.8, 4) is 0 Å². The lowest BCUT2D eigenvalue weighted by Gasteiger charge is -2.24. The molecule has 1 N–H and O–H groups in total. The molecular formula is C20H21ClFN3O3S. The van der Waals surface area contributed by atoms with Crippen LogP contribution < -0.4 is 4.72 Å². The molecule has 0 saturated carbocycles. The van der Waals surface area contributed by atoms with E-state index in [1.165, 1.54) is 30.1 Å². The maximum atomic E-state index is 14.1. The van der Waals surface area contributed by atoms with Crippen LogP contribution in [0.15, 0.2) is 52.4 Å². The van der Waals surface area contributed by atoms with Gasteiger partial charge < -0.3 is 4.90 Å². The zero-order valence-electron chi connectivity index (χ0n) is 16.2. The number of aliphatic imine (C=N–C) groups is 1. The molecule has 3 rings (SSSR count). The van der Waals surface area contributed by atoms with Crippen LogP contribution in [0, 0.1) is 11.7 Å². The van der Waals surface area contributed by atoms with Gasteiger partial charge in [-0.2, -0.15) is 0 Å². The molecule has 2 aromatic rings. The Bertz CT molecular complexity index is 1070. The number of amidine groups is 1. The average molecular weight is 438 g/mol. The number of amides is 1. The molecule has 0 radical (unpaired) electrons. The quantitative estimate of drug-likeness (QED) is 0.780. The Labute approximate surface area is 174 Å². The van der Waals surface area contributed by atoms with Crippen LogP contribution in [0.4, 0.5) is 4.39 Å². The molecule has 1 amide bonds. The highest BCUT2D eigenvalue weighted by Gasteiger charge is 2.33. The van der Waals surface area contributed by atoms with Crippen LogP contribution >= 0.6 is 11.6 Å². The number of rotatable bonds is 5. The number of sulfonamides is 1. The molecule has 1 aliphatic heterocycles. The van der Waals surface area contributed by atoms with Crippen LogP contribution in [0.3, 0.4) is 0 Å². The maximum absolute atomic E-state index is 14.1. The first-order valence-electron chi connectivity index (χ1n) is 8.99. The first-order valence-corrected chi connectivity index (χ1v) is 10.9. The van der Waals surface area contributed by atoms with Crippen LogP contribution in [-0.2, 0) is 21.4 Å². The Hall–Kier alpha value is -2.45. The van der Waals surface area contributed by atoms with E-state index >= 15 is 0 Å². The summed E-state index contributed by atoms with van der Waals surface area (Å²) in [7, 11) is -2.17. The Balaban J connectivity index is 1.91. The lowest BCUT2D eigenvalue weighted by atomic mass is 10.0. The predicted octanol–water partition coefficient (Wildman–Crippen LogP) is 3.20. The van der Waals surface area contributed by atoms with Crippen molar-refractivity contribution in [3.05, 3.63) is 64.4 Å². The second kappa shape index (κ2) is 8.12. The molecule has 0 bridgehead atoms. The summed E-state index contributed by atoms with van der Waals surface area (Å²) in [6.07, 6.45) is 0. The van der Waals surface area contributed by atoms with Gasteiger partial charge in [-0.05, 0) is 30.2 Å². The lowest BCUT2D eigenvalue weighted by Crippen LogP contribution is -2.39. The zero-order valence-corrected chi connectivity index (χ0v) is 17.8. The summed E-state index contributed by atoms with van der Waals surface area (Å²) in [6.45, 7) is 3.60. The Morgan fingerprint density at radius 2 is 1.90 bits per heavy atom. The molecule has 0 fully saturated rings. The first kappa shape index (κ1) is 21.3. The SMILES string of the molecule is CC(C)[C@@H](N=C1NS(=O)(=O)c2ccccc21)C(=O)N(C)Cc1c(F)cccc1Cl. The predicted molar refractivity (Wildman–Crippen MR) is 110 cm³/mol. The summed E-state index contributed by atoms with van der Waals surface area (Å²) in [5, 5.41) is 0.231. The summed E-state index contributed by atoms with van der Waals surface area (Å²) in [6, 6.07) is 9.93. The van der Waals surface area contributed by atoms with Gasteiger partial charge in [0.2, 0.25) is 5.91 Å². The molecule has 154 valence electrons. The fraction of sp³-hybridized carbons (Fsp3) is 0.300. The topological polar surface area (TPSA) is 78.8 Å². The molecule has 1 aliphatic rings. The third-order valence-electron chi connectivity index (χ3n) is 4.65. The van der Waals surface area contributed by atoms with Gasteiger partial charge in [0.25, 0.3) is 10.0 Å². The second-order valence-corrected chi connectivity index (χ2v) is 9.22. The average Bonchev–Trinajstić information content (AvgIpc) is 2.92. The fourth-order valence-electron chi connectivity index (χ4n) is 3.08. The van der Waals surface area contributed by atoms with Gasteiger partial charge in [0.15, 0.2) is 0 Å². The van der Waals surface area contributed by atoms with Gasteiger partial charge in [-0.15, -0.1) is 0 Å². The minimum atomic E-state index is -3.70. The molecule has 1 atom stereocenters. The minimum Gasteiger partial charge on any atom is -0.339 e. The van der Waals surface area contributed by atoms with E-state index in [9.17, 15) is 17.6 Å². The minimum absolute atomic E-state index is 0.0271.